The van der Waals surface area contributed by atoms with E-state index in [2.05, 4.69) is 11.9 Å². The van der Waals surface area contributed by atoms with Crippen molar-refractivity contribution in [1.29, 1.82) is 0 Å². The molecule has 7 nitrogen and oxygen atoms in total. The summed E-state index contributed by atoms with van der Waals surface area (Å²) in [6, 6.07) is 9.86. The third-order valence-corrected chi connectivity index (χ3v) is 3.71. The molecule has 154 valence electrons. The minimum atomic E-state index is -0.563. The minimum absolute atomic E-state index is 0.0627. The maximum Gasteiger partial charge on any atom is 0.407 e. The van der Waals surface area contributed by atoms with Crippen LogP contribution in [0.3, 0.4) is 0 Å². The van der Waals surface area contributed by atoms with E-state index in [1.807, 2.05) is 30.3 Å². The smallest absolute Gasteiger partial charge is 0.407 e. The number of benzene rings is 1. The van der Waals surface area contributed by atoms with E-state index in [4.69, 9.17) is 14.2 Å². The van der Waals surface area contributed by atoms with Gasteiger partial charge in [0.1, 0.15) is 6.61 Å². The summed E-state index contributed by atoms with van der Waals surface area (Å²) in [6.45, 7) is 5.89. The van der Waals surface area contributed by atoms with E-state index in [1.54, 1.807) is 6.92 Å². The molecular weight excluding hydrogens is 362 g/mol. The van der Waals surface area contributed by atoms with Crippen LogP contribution in [0.15, 0.2) is 42.5 Å². The normalized spacial score (nSPS) is 10.0. The number of alkyl carbamates (subject to hydrolysis) is 1. The summed E-state index contributed by atoms with van der Waals surface area (Å²) >= 11 is 0. The first-order valence-electron chi connectivity index (χ1n) is 9.42. The Morgan fingerprint density at radius 3 is 2.39 bits per heavy atom. The number of carbonyl (C=O) groups is 3. The molecule has 0 fully saturated rings. The van der Waals surface area contributed by atoms with Crippen LogP contribution in [0.2, 0.25) is 0 Å². The third-order valence-electron chi connectivity index (χ3n) is 3.71. The Bertz CT molecular complexity index is 629. The topological polar surface area (TPSA) is 90.9 Å². The van der Waals surface area contributed by atoms with Crippen LogP contribution < -0.4 is 5.32 Å². The van der Waals surface area contributed by atoms with Crippen LogP contribution in [0.5, 0.6) is 0 Å². The Balaban J connectivity index is 1.92. The summed E-state index contributed by atoms with van der Waals surface area (Å²) in [5.74, 6) is -0.701. The SMILES string of the molecule is C=C(C)C(=O)OCCNC(=O)OCCCCCC(=O)OCCc1ccccc1. The molecule has 1 aromatic carbocycles. The fourth-order valence-electron chi connectivity index (χ4n) is 2.18. The first kappa shape index (κ1) is 23.2. The molecule has 1 aromatic rings. The first-order valence-corrected chi connectivity index (χ1v) is 9.42. The minimum Gasteiger partial charge on any atom is -0.465 e. The zero-order valence-electron chi connectivity index (χ0n) is 16.4. The number of hydrogen-bond acceptors (Lipinski definition) is 6. The molecule has 1 amide bonds. The average Bonchev–Trinajstić information content (AvgIpc) is 2.68. The zero-order valence-corrected chi connectivity index (χ0v) is 16.4. The number of esters is 2. The predicted molar refractivity (Wildman–Crippen MR) is 105 cm³/mol. The molecule has 0 saturated heterocycles. The van der Waals surface area contributed by atoms with E-state index in [0.29, 0.717) is 37.9 Å². The summed E-state index contributed by atoms with van der Waals surface area (Å²) < 4.78 is 15.0. The van der Waals surface area contributed by atoms with Gasteiger partial charge in [0.2, 0.25) is 0 Å². The van der Waals surface area contributed by atoms with Gasteiger partial charge >= 0.3 is 18.0 Å². The standard InChI is InChI=1S/C21H29NO6/c1-17(2)20(24)27-16-13-22-21(25)28-14-8-4-7-11-19(23)26-15-12-18-9-5-3-6-10-18/h3,5-6,9-10H,1,4,7-8,11-16H2,2H3,(H,22,25). The molecule has 0 saturated carbocycles. The van der Waals surface area contributed by atoms with Gasteiger partial charge in [-0.3, -0.25) is 4.79 Å². The second-order valence-corrected chi connectivity index (χ2v) is 6.25. The van der Waals surface area contributed by atoms with E-state index in [1.165, 1.54) is 0 Å². The molecule has 0 radical (unpaired) electrons. The Kier molecular flexibility index (Phi) is 11.8. The molecule has 0 bridgehead atoms. The molecule has 0 aliphatic rings. The number of carbonyl (C=O) groups excluding carboxylic acids is 3. The summed E-state index contributed by atoms with van der Waals surface area (Å²) in [5, 5.41) is 2.48. The summed E-state index contributed by atoms with van der Waals surface area (Å²) in [5.41, 5.74) is 1.45. The van der Waals surface area contributed by atoms with Crippen molar-refractivity contribution in [1.82, 2.24) is 5.32 Å². The molecule has 7 heteroatoms. The lowest BCUT2D eigenvalue weighted by molar-refractivity contribution is -0.143. The van der Waals surface area contributed by atoms with Gasteiger partial charge in [-0.05, 0) is 31.7 Å². The Morgan fingerprint density at radius 2 is 1.68 bits per heavy atom. The molecule has 0 unspecified atom stereocenters. The number of ether oxygens (including phenoxy) is 3. The largest absolute Gasteiger partial charge is 0.465 e. The van der Waals surface area contributed by atoms with Crippen molar-refractivity contribution in [3.05, 3.63) is 48.0 Å². The molecular formula is C21H29NO6. The number of amides is 1. The van der Waals surface area contributed by atoms with Crippen molar-refractivity contribution >= 4 is 18.0 Å². The molecule has 0 aliphatic carbocycles. The van der Waals surface area contributed by atoms with Crippen molar-refractivity contribution in [3.63, 3.8) is 0 Å². The van der Waals surface area contributed by atoms with Crippen molar-refractivity contribution in [2.75, 3.05) is 26.4 Å². The van der Waals surface area contributed by atoms with Crippen molar-refractivity contribution in [2.24, 2.45) is 0 Å². The second-order valence-electron chi connectivity index (χ2n) is 6.25. The van der Waals surface area contributed by atoms with Crippen LogP contribution in [-0.4, -0.2) is 44.4 Å². The lowest BCUT2D eigenvalue weighted by atomic mass is 10.2. The molecule has 0 heterocycles. The van der Waals surface area contributed by atoms with Crippen LogP contribution in [0.25, 0.3) is 0 Å². The van der Waals surface area contributed by atoms with E-state index >= 15 is 0 Å². The van der Waals surface area contributed by atoms with Crippen LogP contribution in [0.1, 0.15) is 38.2 Å². The number of nitrogens with one attached hydrogen (secondary N) is 1. The molecule has 0 spiro atoms. The highest BCUT2D eigenvalue weighted by molar-refractivity contribution is 5.86. The Morgan fingerprint density at radius 1 is 0.929 bits per heavy atom. The predicted octanol–water partition coefficient (Wildman–Crippen LogP) is 3.18. The highest BCUT2D eigenvalue weighted by Crippen LogP contribution is 2.04. The van der Waals surface area contributed by atoms with Gasteiger partial charge in [-0.25, -0.2) is 9.59 Å². The van der Waals surface area contributed by atoms with Gasteiger partial charge in [0, 0.05) is 18.4 Å². The molecule has 0 atom stereocenters. The lowest BCUT2D eigenvalue weighted by Gasteiger charge is -2.08. The van der Waals surface area contributed by atoms with E-state index in [0.717, 1.165) is 12.0 Å². The third kappa shape index (κ3) is 11.7. The Labute approximate surface area is 166 Å². The number of rotatable bonds is 13. The van der Waals surface area contributed by atoms with Crippen LogP contribution in [0, 0.1) is 0 Å². The van der Waals surface area contributed by atoms with E-state index in [9.17, 15) is 14.4 Å². The maximum absolute atomic E-state index is 11.7. The lowest BCUT2D eigenvalue weighted by Crippen LogP contribution is -2.29. The number of hydrogen-bond donors (Lipinski definition) is 1. The molecule has 0 aromatic heterocycles. The van der Waals surface area contributed by atoms with Gasteiger partial charge in [0.15, 0.2) is 0 Å². The molecule has 28 heavy (non-hydrogen) atoms. The van der Waals surface area contributed by atoms with Gasteiger partial charge in [-0.15, -0.1) is 0 Å². The quantitative estimate of drug-likeness (QED) is 0.240. The van der Waals surface area contributed by atoms with Gasteiger partial charge < -0.3 is 19.5 Å². The molecule has 1 rings (SSSR count). The highest BCUT2D eigenvalue weighted by Gasteiger charge is 2.06. The second kappa shape index (κ2) is 14.3. The monoisotopic (exact) mass is 391 g/mol. The fraction of sp³-hybridized carbons (Fsp3) is 0.476. The van der Waals surface area contributed by atoms with Crippen molar-refractivity contribution in [2.45, 2.75) is 39.0 Å². The summed E-state index contributed by atoms with van der Waals surface area (Å²) in [7, 11) is 0. The summed E-state index contributed by atoms with van der Waals surface area (Å²) in [4.78, 5) is 34.2. The van der Waals surface area contributed by atoms with Crippen molar-refractivity contribution < 1.29 is 28.6 Å². The van der Waals surface area contributed by atoms with Crippen LogP contribution in [-0.2, 0) is 30.2 Å². The summed E-state index contributed by atoms with van der Waals surface area (Å²) in [6.07, 6.45) is 2.61. The maximum atomic E-state index is 11.7. The van der Waals surface area contributed by atoms with E-state index < -0.39 is 12.1 Å². The fourth-order valence-corrected chi connectivity index (χ4v) is 2.18. The average molecular weight is 391 g/mol. The number of unbranched alkanes of at least 4 members (excludes halogenated alkanes) is 2. The van der Waals surface area contributed by atoms with Crippen LogP contribution in [0.4, 0.5) is 4.79 Å². The Hall–Kier alpha value is -2.83. The highest BCUT2D eigenvalue weighted by atomic mass is 16.6. The van der Waals surface area contributed by atoms with Gasteiger partial charge in [0.05, 0.1) is 19.8 Å². The van der Waals surface area contributed by atoms with Crippen LogP contribution >= 0.6 is 0 Å². The van der Waals surface area contributed by atoms with Crippen molar-refractivity contribution in [3.8, 4) is 0 Å². The van der Waals surface area contributed by atoms with Gasteiger partial charge in [-0.2, -0.15) is 0 Å². The van der Waals surface area contributed by atoms with Gasteiger partial charge in [-0.1, -0.05) is 36.9 Å². The first-order chi connectivity index (χ1) is 13.5. The van der Waals surface area contributed by atoms with Gasteiger partial charge in [0.25, 0.3) is 0 Å². The molecule has 1 N–H and O–H groups in total. The molecule has 0 aliphatic heterocycles. The zero-order chi connectivity index (χ0) is 20.6. The van der Waals surface area contributed by atoms with E-state index in [-0.39, 0.29) is 25.7 Å².